The number of rotatable bonds is 8. The van der Waals surface area contributed by atoms with Crippen LogP contribution in [0.4, 0.5) is 11.5 Å². The molecule has 0 amide bonds. The number of hydrogen-bond acceptors (Lipinski definition) is 7. The molecular weight excluding hydrogens is 386 g/mol. The lowest BCUT2D eigenvalue weighted by Crippen LogP contribution is -2.21. The smallest absolute Gasteiger partial charge is 0.264 e. The van der Waals surface area contributed by atoms with Crippen molar-refractivity contribution in [3.05, 3.63) is 40.9 Å². The number of fused-ring (bicyclic) bond motifs is 1. The molecule has 0 bridgehead atoms. The van der Waals surface area contributed by atoms with Gasteiger partial charge in [0.15, 0.2) is 0 Å². The van der Waals surface area contributed by atoms with Crippen LogP contribution < -0.4 is 16.2 Å². The second-order valence-corrected chi connectivity index (χ2v) is 7.89. The number of methoxy groups -OCH3 is 1. The summed E-state index contributed by atoms with van der Waals surface area (Å²) in [5.41, 5.74) is 3.34. The molecule has 2 N–H and O–H groups in total. The topological polar surface area (TPSA) is 81.1 Å². The molecule has 3 rings (SSSR count). The third-order valence-corrected chi connectivity index (χ3v) is 5.22. The van der Waals surface area contributed by atoms with E-state index in [2.05, 4.69) is 27.8 Å². The summed E-state index contributed by atoms with van der Waals surface area (Å²) in [6, 6.07) is 8.20. The number of ether oxygens (including phenoxy) is 1. The predicted octanol–water partition coefficient (Wildman–Crippen LogP) is 3.60. The minimum absolute atomic E-state index is 0.111. The van der Waals surface area contributed by atoms with Crippen molar-refractivity contribution in [2.45, 2.75) is 24.8 Å². The second kappa shape index (κ2) is 9.28. The maximum Gasteiger partial charge on any atom is 0.264 e. The molecule has 0 saturated carbocycles. The van der Waals surface area contributed by atoms with Crippen molar-refractivity contribution >= 4 is 34.2 Å². The van der Waals surface area contributed by atoms with E-state index in [4.69, 9.17) is 9.72 Å². The van der Waals surface area contributed by atoms with E-state index < -0.39 is 0 Å². The first-order valence-electron chi connectivity index (χ1n) is 9.48. The van der Waals surface area contributed by atoms with Crippen molar-refractivity contribution in [2.24, 2.45) is 7.05 Å². The van der Waals surface area contributed by atoms with Gasteiger partial charge in [-0.05, 0) is 38.3 Å². The number of anilines is 2. The summed E-state index contributed by atoms with van der Waals surface area (Å²) in [6.45, 7) is 5.43. The van der Waals surface area contributed by atoms with Gasteiger partial charge in [-0.15, -0.1) is 11.8 Å². The minimum atomic E-state index is -0.111. The van der Waals surface area contributed by atoms with Crippen molar-refractivity contribution in [3.63, 3.8) is 0 Å². The van der Waals surface area contributed by atoms with Crippen LogP contribution in [-0.2, 0) is 11.8 Å². The average Bonchev–Trinajstić information content (AvgIpc) is 2.70. The fraction of sp³-hybridized carbons (Fsp3) is 0.381. The van der Waals surface area contributed by atoms with Gasteiger partial charge in [-0.3, -0.25) is 4.79 Å². The number of benzene rings is 1. The highest BCUT2D eigenvalue weighted by atomic mass is 32.2. The predicted molar refractivity (Wildman–Crippen MR) is 121 cm³/mol. The molecule has 0 aliphatic heterocycles. The Balaban J connectivity index is 2.09. The van der Waals surface area contributed by atoms with Gasteiger partial charge in [0.2, 0.25) is 0 Å². The first kappa shape index (κ1) is 21.1. The zero-order valence-electron chi connectivity index (χ0n) is 17.4. The lowest BCUT2D eigenvalue weighted by molar-refractivity contribution is 0.210. The number of nitrogens with zero attached hydrogens (tertiary/aromatic N) is 3. The molecule has 0 aliphatic rings. The van der Waals surface area contributed by atoms with Crippen LogP contribution in [0.2, 0.25) is 0 Å². The highest BCUT2D eigenvalue weighted by Crippen LogP contribution is 2.32. The second-order valence-electron chi connectivity index (χ2n) is 7.04. The van der Waals surface area contributed by atoms with E-state index >= 15 is 0 Å². The van der Waals surface area contributed by atoms with Gasteiger partial charge < -0.3 is 19.9 Å². The Morgan fingerprint density at radius 2 is 2.07 bits per heavy atom. The van der Waals surface area contributed by atoms with Crippen molar-refractivity contribution in [1.29, 1.82) is 0 Å². The Morgan fingerprint density at radius 1 is 1.28 bits per heavy atom. The molecule has 0 spiro atoms. The van der Waals surface area contributed by atoms with Crippen molar-refractivity contribution in [1.82, 2.24) is 14.5 Å². The molecule has 0 aliphatic carbocycles. The molecule has 154 valence electrons. The van der Waals surface area contributed by atoms with Gasteiger partial charge in [0.25, 0.3) is 5.56 Å². The number of aryl methyl sites for hydroxylation is 1. The van der Waals surface area contributed by atoms with Gasteiger partial charge in [0.05, 0.1) is 24.1 Å². The summed E-state index contributed by atoms with van der Waals surface area (Å²) in [6.07, 6.45) is 3.59. The Morgan fingerprint density at radius 3 is 2.76 bits per heavy atom. The lowest BCUT2D eigenvalue weighted by Gasteiger charge is -2.15. The van der Waals surface area contributed by atoms with Gasteiger partial charge in [0.1, 0.15) is 11.2 Å². The summed E-state index contributed by atoms with van der Waals surface area (Å²) in [5, 5.41) is 7.20. The molecule has 2 heterocycles. The molecule has 8 heteroatoms. The maximum atomic E-state index is 12.7. The summed E-state index contributed by atoms with van der Waals surface area (Å²) in [7, 11) is 3.39. The summed E-state index contributed by atoms with van der Waals surface area (Å²) in [5.74, 6) is 0.564. The molecule has 0 radical (unpaired) electrons. The molecular formula is C21H27N5O2S. The Hall–Kier alpha value is -2.58. The van der Waals surface area contributed by atoms with Crippen LogP contribution in [0, 0.1) is 0 Å². The standard InChI is InChI=1S/C21H27N5O2S/c1-13(2)24-20-19-17(23-12-26(3)21(19)27)11-16(25-20)14-6-7-15(18(10-14)29-5)22-8-9-28-4/h6-7,10-13,22H,8-9H2,1-5H3,(H,24,25). The molecule has 7 nitrogen and oxygen atoms in total. The minimum Gasteiger partial charge on any atom is -0.383 e. The summed E-state index contributed by atoms with van der Waals surface area (Å²) >= 11 is 1.67. The van der Waals surface area contributed by atoms with Crippen LogP contribution in [0.25, 0.3) is 22.2 Å². The highest BCUT2D eigenvalue weighted by molar-refractivity contribution is 7.98. The molecule has 1 aromatic carbocycles. The summed E-state index contributed by atoms with van der Waals surface area (Å²) in [4.78, 5) is 23.0. The third-order valence-electron chi connectivity index (χ3n) is 4.45. The maximum absolute atomic E-state index is 12.7. The Bertz CT molecular complexity index is 1060. The quantitative estimate of drug-likeness (QED) is 0.431. The number of pyridine rings is 1. The molecule has 29 heavy (non-hydrogen) atoms. The zero-order chi connectivity index (χ0) is 21.0. The monoisotopic (exact) mass is 413 g/mol. The first-order valence-corrected chi connectivity index (χ1v) is 10.7. The van der Waals surface area contributed by atoms with E-state index in [9.17, 15) is 4.79 Å². The lowest BCUT2D eigenvalue weighted by atomic mass is 10.1. The van der Waals surface area contributed by atoms with Crippen molar-refractivity contribution < 1.29 is 4.74 Å². The van der Waals surface area contributed by atoms with E-state index in [1.165, 1.54) is 4.57 Å². The van der Waals surface area contributed by atoms with Crippen LogP contribution >= 0.6 is 11.8 Å². The highest BCUT2D eigenvalue weighted by Gasteiger charge is 2.15. The van der Waals surface area contributed by atoms with Crippen LogP contribution in [0.5, 0.6) is 0 Å². The normalized spacial score (nSPS) is 11.2. The SMILES string of the molecule is COCCNc1ccc(-c2cc3ncn(C)c(=O)c3c(NC(C)C)n2)cc1SC. The van der Waals surface area contributed by atoms with Crippen molar-refractivity contribution in [2.75, 3.05) is 37.2 Å². The van der Waals surface area contributed by atoms with E-state index in [0.717, 1.165) is 28.4 Å². The number of thioether (sulfide) groups is 1. The number of aromatic nitrogens is 3. The Labute approximate surface area is 174 Å². The zero-order valence-corrected chi connectivity index (χ0v) is 18.3. The summed E-state index contributed by atoms with van der Waals surface area (Å²) < 4.78 is 6.59. The average molecular weight is 414 g/mol. The van der Waals surface area contributed by atoms with Crippen molar-refractivity contribution in [3.8, 4) is 11.3 Å². The fourth-order valence-electron chi connectivity index (χ4n) is 3.03. The van der Waals surface area contributed by atoms with E-state index in [1.807, 2.05) is 32.2 Å². The van der Waals surface area contributed by atoms with E-state index in [1.54, 1.807) is 32.2 Å². The third kappa shape index (κ3) is 4.71. The van der Waals surface area contributed by atoms with Gasteiger partial charge in [0, 0.05) is 42.9 Å². The van der Waals surface area contributed by atoms with Crippen LogP contribution in [0.15, 0.2) is 40.3 Å². The Kier molecular flexibility index (Phi) is 6.76. The van der Waals surface area contributed by atoms with Crippen LogP contribution in [0.1, 0.15) is 13.8 Å². The largest absolute Gasteiger partial charge is 0.383 e. The van der Waals surface area contributed by atoms with E-state index in [0.29, 0.717) is 23.3 Å². The molecule has 2 aromatic heterocycles. The van der Waals surface area contributed by atoms with Crippen LogP contribution in [-0.4, -0.2) is 47.1 Å². The molecule has 0 atom stereocenters. The first-order chi connectivity index (χ1) is 13.9. The van der Waals surface area contributed by atoms with Gasteiger partial charge in [-0.25, -0.2) is 9.97 Å². The molecule has 3 aromatic rings. The van der Waals surface area contributed by atoms with Gasteiger partial charge >= 0.3 is 0 Å². The molecule has 0 unspecified atom stereocenters. The molecule has 0 fully saturated rings. The fourth-order valence-corrected chi connectivity index (χ4v) is 3.64. The number of nitrogens with one attached hydrogen (secondary N) is 2. The molecule has 0 saturated heterocycles. The van der Waals surface area contributed by atoms with E-state index in [-0.39, 0.29) is 11.6 Å². The van der Waals surface area contributed by atoms with Crippen LogP contribution in [0.3, 0.4) is 0 Å². The van der Waals surface area contributed by atoms with Gasteiger partial charge in [-0.2, -0.15) is 0 Å². The number of hydrogen-bond donors (Lipinski definition) is 2. The van der Waals surface area contributed by atoms with Gasteiger partial charge in [-0.1, -0.05) is 6.07 Å².